The van der Waals surface area contributed by atoms with Crippen LogP contribution in [0.4, 0.5) is 20.2 Å². The summed E-state index contributed by atoms with van der Waals surface area (Å²) in [6, 6.07) is 29.7. The zero-order valence-corrected chi connectivity index (χ0v) is 21.0. The molecule has 0 unspecified atom stereocenters. The number of aliphatic hydroxyl groups is 1. The van der Waals surface area contributed by atoms with Crippen molar-refractivity contribution < 1.29 is 23.5 Å². The SMILES string of the molecule is O=C(Nc1ccc(C(=O)N2CCC(F)(F)C(=CCO)c3ccccc32)cc1)c1ccccc1-c1ccccc1. The Hall–Kier alpha value is -4.62. The minimum atomic E-state index is -3.20. The van der Waals surface area contributed by atoms with E-state index in [1.165, 1.54) is 11.0 Å². The van der Waals surface area contributed by atoms with E-state index in [1.807, 2.05) is 42.5 Å². The molecule has 1 aliphatic heterocycles. The van der Waals surface area contributed by atoms with Crippen molar-refractivity contribution in [2.75, 3.05) is 23.4 Å². The average molecular weight is 525 g/mol. The molecule has 2 amide bonds. The van der Waals surface area contributed by atoms with Crippen LogP contribution in [-0.2, 0) is 0 Å². The minimum absolute atomic E-state index is 0.194. The predicted octanol–water partition coefficient (Wildman–Crippen LogP) is 6.67. The van der Waals surface area contributed by atoms with E-state index in [0.29, 0.717) is 22.5 Å². The molecular formula is C32H26F2N2O3. The summed E-state index contributed by atoms with van der Waals surface area (Å²) in [4.78, 5) is 27.9. The number of rotatable bonds is 5. The van der Waals surface area contributed by atoms with E-state index in [4.69, 9.17) is 0 Å². The summed E-state index contributed by atoms with van der Waals surface area (Å²) in [7, 11) is 0. The van der Waals surface area contributed by atoms with E-state index < -0.39 is 24.9 Å². The van der Waals surface area contributed by atoms with E-state index in [9.17, 15) is 23.5 Å². The van der Waals surface area contributed by atoms with Gasteiger partial charge in [0.05, 0.1) is 12.3 Å². The van der Waals surface area contributed by atoms with Crippen LogP contribution in [0.25, 0.3) is 16.7 Å². The van der Waals surface area contributed by atoms with E-state index in [0.717, 1.165) is 17.2 Å². The van der Waals surface area contributed by atoms with Crippen molar-refractivity contribution in [3.8, 4) is 11.1 Å². The van der Waals surface area contributed by atoms with E-state index in [1.54, 1.807) is 54.6 Å². The maximum Gasteiger partial charge on any atom is 0.275 e. The third-order valence-corrected chi connectivity index (χ3v) is 6.72. The van der Waals surface area contributed by atoms with Crippen LogP contribution in [0.3, 0.4) is 0 Å². The summed E-state index contributed by atoms with van der Waals surface area (Å²) in [6.45, 7) is -0.726. The standard InChI is InChI=1S/C32H26F2N2O3/c33-32(34)19-20-36(29-13-7-6-12-27(29)28(32)18-21-37)31(39)23-14-16-24(17-15-23)35-30(38)26-11-5-4-10-25(26)22-8-2-1-3-9-22/h1-18,37H,19-21H2,(H,35,38). The molecule has 4 aromatic rings. The van der Waals surface area contributed by atoms with Gasteiger partial charge in [-0.25, -0.2) is 8.78 Å². The number of nitrogens with zero attached hydrogens (tertiary/aromatic N) is 1. The van der Waals surface area contributed by atoms with Crippen LogP contribution in [0.5, 0.6) is 0 Å². The van der Waals surface area contributed by atoms with E-state index >= 15 is 0 Å². The number of hydrogen-bond donors (Lipinski definition) is 2. The molecule has 196 valence electrons. The molecule has 0 saturated carbocycles. The van der Waals surface area contributed by atoms with Gasteiger partial charge in [-0.1, -0.05) is 66.7 Å². The first-order valence-electron chi connectivity index (χ1n) is 12.6. The number of anilines is 2. The average Bonchev–Trinajstić information content (AvgIpc) is 3.07. The third-order valence-electron chi connectivity index (χ3n) is 6.72. The molecule has 5 rings (SSSR count). The second-order valence-corrected chi connectivity index (χ2v) is 9.17. The largest absolute Gasteiger partial charge is 0.392 e. The van der Waals surface area contributed by atoms with Crippen LogP contribution in [0.2, 0.25) is 0 Å². The summed E-state index contributed by atoms with van der Waals surface area (Å²) in [5, 5.41) is 12.2. The topological polar surface area (TPSA) is 69.6 Å². The molecular weight excluding hydrogens is 498 g/mol. The molecule has 0 atom stereocenters. The molecule has 5 nitrogen and oxygen atoms in total. The molecule has 0 saturated heterocycles. The van der Waals surface area contributed by atoms with Crippen LogP contribution in [0, 0.1) is 0 Å². The van der Waals surface area contributed by atoms with Crippen molar-refractivity contribution in [3.05, 3.63) is 126 Å². The number of alkyl halides is 2. The Kier molecular flexibility index (Phi) is 7.34. The first-order chi connectivity index (χ1) is 18.9. The molecule has 0 radical (unpaired) electrons. The molecule has 4 aromatic carbocycles. The maximum atomic E-state index is 14.9. The highest BCUT2D eigenvalue weighted by Crippen LogP contribution is 2.43. The summed E-state index contributed by atoms with van der Waals surface area (Å²) < 4.78 is 29.9. The van der Waals surface area contributed by atoms with Gasteiger partial charge in [0.15, 0.2) is 0 Å². The van der Waals surface area contributed by atoms with Gasteiger partial charge in [0, 0.05) is 40.9 Å². The quantitative estimate of drug-likeness (QED) is 0.307. The van der Waals surface area contributed by atoms with Crippen molar-refractivity contribution in [1.82, 2.24) is 0 Å². The fourth-order valence-corrected chi connectivity index (χ4v) is 4.80. The fourth-order valence-electron chi connectivity index (χ4n) is 4.80. The number of carbonyl (C=O) groups excluding carboxylic acids is 2. The normalized spacial score (nSPS) is 15.4. The summed E-state index contributed by atoms with van der Waals surface area (Å²) in [5.41, 5.74) is 3.30. The van der Waals surface area contributed by atoms with Crippen molar-refractivity contribution in [2.24, 2.45) is 0 Å². The Balaban J connectivity index is 1.38. The number of halogens is 2. The third kappa shape index (κ3) is 5.35. The summed E-state index contributed by atoms with van der Waals surface area (Å²) >= 11 is 0. The zero-order valence-electron chi connectivity index (χ0n) is 21.0. The number of carbonyl (C=O) groups is 2. The van der Waals surface area contributed by atoms with Crippen molar-refractivity contribution >= 4 is 28.8 Å². The number of benzene rings is 4. The van der Waals surface area contributed by atoms with Crippen LogP contribution in [0.1, 0.15) is 32.7 Å². The van der Waals surface area contributed by atoms with Gasteiger partial charge in [-0.05, 0) is 53.6 Å². The molecule has 2 N–H and O–H groups in total. The monoisotopic (exact) mass is 524 g/mol. The lowest BCUT2D eigenvalue weighted by Gasteiger charge is -2.23. The molecule has 1 aliphatic rings. The number of para-hydroxylation sites is 1. The van der Waals surface area contributed by atoms with Gasteiger partial charge in [0.1, 0.15) is 0 Å². The molecule has 0 fully saturated rings. The lowest BCUT2D eigenvalue weighted by atomic mass is 9.97. The van der Waals surface area contributed by atoms with Gasteiger partial charge in [0.2, 0.25) is 0 Å². The van der Waals surface area contributed by atoms with Crippen molar-refractivity contribution in [2.45, 2.75) is 12.3 Å². The molecule has 0 aromatic heterocycles. The fraction of sp³-hybridized carbons (Fsp3) is 0.125. The first kappa shape index (κ1) is 26.0. The molecule has 1 heterocycles. The number of amides is 2. The maximum absolute atomic E-state index is 14.9. The van der Waals surface area contributed by atoms with Gasteiger partial charge < -0.3 is 15.3 Å². The number of aliphatic hydroxyl groups excluding tert-OH is 1. The Bertz CT molecular complexity index is 1530. The van der Waals surface area contributed by atoms with Gasteiger partial charge in [-0.15, -0.1) is 0 Å². The molecule has 7 heteroatoms. The number of hydrogen-bond acceptors (Lipinski definition) is 3. The van der Waals surface area contributed by atoms with Gasteiger partial charge in [-0.3, -0.25) is 9.59 Å². The number of allylic oxidation sites excluding steroid dienone is 1. The molecule has 0 aliphatic carbocycles. The Morgan fingerprint density at radius 1 is 0.846 bits per heavy atom. The Morgan fingerprint density at radius 2 is 1.49 bits per heavy atom. The van der Waals surface area contributed by atoms with E-state index in [2.05, 4.69) is 5.32 Å². The minimum Gasteiger partial charge on any atom is -0.392 e. The highest BCUT2D eigenvalue weighted by atomic mass is 19.3. The molecule has 39 heavy (non-hydrogen) atoms. The van der Waals surface area contributed by atoms with Gasteiger partial charge >= 0.3 is 0 Å². The summed E-state index contributed by atoms with van der Waals surface area (Å²) in [6.07, 6.45) is 0.522. The Morgan fingerprint density at radius 3 is 2.21 bits per heavy atom. The summed E-state index contributed by atoms with van der Waals surface area (Å²) in [5.74, 6) is -3.92. The molecule has 0 bridgehead atoms. The highest BCUT2D eigenvalue weighted by Gasteiger charge is 2.40. The van der Waals surface area contributed by atoms with Crippen LogP contribution < -0.4 is 10.2 Å². The zero-order chi connectivity index (χ0) is 27.4. The number of fused-ring (bicyclic) bond motifs is 1. The smallest absolute Gasteiger partial charge is 0.275 e. The highest BCUT2D eigenvalue weighted by molar-refractivity contribution is 6.10. The van der Waals surface area contributed by atoms with Crippen molar-refractivity contribution in [3.63, 3.8) is 0 Å². The number of nitrogens with one attached hydrogen (secondary N) is 1. The Labute approximate surface area is 225 Å². The second kappa shape index (κ2) is 11.0. The van der Waals surface area contributed by atoms with Crippen LogP contribution >= 0.6 is 0 Å². The molecule has 0 spiro atoms. The van der Waals surface area contributed by atoms with E-state index in [-0.39, 0.29) is 23.6 Å². The van der Waals surface area contributed by atoms with Gasteiger partial charge in [0.25, 0.3) is 17.7 Å². The van der Waals surface area contributed by atoms with Crippen LogP contribution in [0.15, 0.2) is 109 Å². The second-order valence-electron chi connectivity index (χ2n) is 9.17. The van der Waals surface area contributed by atoms with Crippen LogP contribution in [-0.4, -0.2) is 36.0 Å². The van der Waals surface area contributed by atoms with Crippen molar-refractivity contribution in [1.29, 1.82) is 0 Å². The lowest BCUT2D eigenvalue weighted by molar-refractivity contribution is 0.0596. The predicted molar refractivity (Wildman–Crippen MR) is 149 cm³/mol. The first-order valence-corrected chi connectivity index (χ1v) is 12.6. The van der Waals surface area contributed by atoms with Gasteiger partial charge in [-0.2, -0.15) is 0 Å². The lowest BCUT2D eigenvalue weighted by Crippen LogP contribution is -2.33.